The summed E-state index contributed by atoms with van der Waals surface area (Å²) >= 11 is 0. The van der Waals surface area contributed by atoms with Gasteiger partial charge < -0.3 is 24.7 Å². The van der Waals surface area contributed by atoms with Crippen molar-refractivity contribution in [3.63, 3.8) is 0 Å². The molecule has 3 rings (SSSR count). The second-order valence-electron chi connectivity index (χ2n) is 19.3. The second kappa shape index (κ2) is 22.2. The van der Waals surface area contributed by atoms with Crippen molar-refractivity contribution in [3.8, 4) is 0 Å². The molecule has 296 valence electrons. The van der Waals surface area contributed by atoms with Crippen LogP contribution in [0.25, 0.3) is 0 Å². The molecule has 0 spiro atoms. The Kier molecular flexibility index (Phi) is 21.9. The third kappa shape index (κ3) is 14.8. The van der Waals surface area contributed by atoms with E-state index >= 15 is 0 Å². The third-order valence-corrected chi connectivity index (χ3v) is 10.9. The summed E-state index contributed by atoms with van der Waals surface area (Å²) in [4.78, 5) is 20.5. The maximum Gasteiger partial charge on any atom is 2.00 e. The van der Waals surface area contributed by atoms with Gasteiger partial charge in [-0.2, -0.15) is 0 Å². The Morgan fingerprint density at radius 3 is 0.923 bits per heavy atom. The zero-order valence-electron chi connectivity index (χ0n) is 38.0. The van der Waals surface area contributed by atoms with Gasteiger partial charge in [0.05, 0.1) is 13.2 Å². The number of hydrogen-bond donors (Lipinski definition) is 0. The Bertz CT molecular complexity index is 1140. The molecule has 1 aliphatic heterocycles. The van der Waals surface area contributed by atoms with Gasteiger partial charge in [-0.25, -0.2) is 0 Å². The molecule has 3 heterocycles. The first-order valence-corrected chi connectivity index (χ1v) is 20.9. The van der Waals surface area contributed by atoms with Gasteiger partial charge in [-0.1, -0.05) is 210 Å². The van der Waals surface area contributed by atoms with Crippen molar-refractivity contribution in [2.75, 3.05) is 13.2 Å². The number of nitrogens with zero attached hydrogens (tertiary/aromatic N) is 4. The van der Waals surface area contributed by atoms with Crippen LogP contribution in [-0.2, 0) is 37.2 Å². The van der Waals surface area contributed by atoms with Crippen molar-refractivity contribution >= 4 is 37.7 Å². The van der Waals surface area contributed by atoms with E-state index in [0.717, 1.165) is 63.4 Å². The first kappa shape index (κ1) is 51.4. The molecule has 0 fully saturated rings. The molecule has 0 bridgehead atoms. The quantitative estimate of drug-likeness (QED) is 0.112. The summed E-state index contributed by atoms with van der Waals surface area (Å²) in [6, 6.07) is 0. The molecule has 5 nitrogen and oxygen atoms in total. The summed E-state index contributed by atoms with van der Waals surface area (Å²) in [6.45, 7) is 43.0. The van der Waals surface area contributed by atoms with Crippen LogP contribution in [-0.4, -0.2) is 60.9 Å². The normalized spacial score (nSPS) is 14.0. The zero-order chi connectivity index (χ0) is 39.3. The van der Waals surface area contributed by atoms with E-state index in [-0.39, 0.29) is 70.2 Å². The SMILES string of the molecule is C1=CCOC1.CCCC(C)(C)c1nc(C(C)(C)CCC)c(C(C)(C)CCC)[n-]1.CCCC(C)(C)c1nc(C(C)(C)CCC)c(C(C)(C)CCC)[n-]1.[Ca+2]. The van der Waals surface area contributed by atoms with E-state index in [1.54, 1.807) is 0 Å². The van der Waals surface area contributed by atoms with Crippen LogP contribution in [0.1, 0.15) is 236 Å². The summed E-state index contributed by atoms with van der Waals surface area (Å²) in [5.41, 5.74) is 5.51. The van der Waals surface area contributed by atoms with E-state index in [4.69, 9.17) is 24.7 Å². The predicted octanol–water partition coefficient (Wildman–Crippen LogP) is 12.7. The van der Waals surface area contributed by atoms with Gasteiger partial charge in [-0.05, 0) is 71.0 Å². The van der Waals surface area contributed by atoms with Crippen molar-refractivity contribution in [1.29, 1.82) is 0 Å². The van der Waals surface area contributed by atoms with Gasteiger partial charge in [-0.3, -0.25) is 0 Å². The van der Waals surface area contributed by atoms with Gasteiger partial charge >= 0.3 is 37.7 Å². The molecular weight excluding hydrogens is 665 g/mol. The van der Waals surface area contributed by atoms with Gasteiger partial charge in [0, 0.05) is 0 Å². The van der Waals surface area contributed by atoms with Crippen LogP contribution in [0, 0.1) is 0 Å². The van der Waals surface area contributed by atoms with E-state index in [0.29, 0.717) is 0 Å². The summed E-state index contributed by atoms with van der Waals surface area (Å²) in [7, 11) is 0. The van der Waals surface area contributed by atoms with Gasteiger partial charge in [0.1, 0.15) is 0 Å². The molecule has 0 atom stereocenters. The van der Waals surface area contributed by atoms with Crippen LogP contribution >= 0.6 is 0 Å². The monoisotopic (exact) mass is 749 g/mol. The van der Waals surface area contributed by atoms with Crippen molar-refractivity contribution < 1.29 is 4.74 Å². The van der Waals surface area contributed by atoms with Gasteiger partial charge in [0.25, 0.3) is 0 Å². The molecular formula is C46H84CaN4O. The fourth-order valence-electron chi connectivity index (χ4n) is 7.97. The zero-order valence-corrected chi connectivity index (χ0v) is 40.2. The van der Waals surface area contributed by atoms with E-state index < -0.39 is 0 Å². The summed E-state index contributed by atoms with van der Waals surface area (Å²) in [5, 5.41) is 0. The maximum absolute atomic E-state index is 5.13. The molecule has 2 aromatic rings. The molecule has 0 saturated heterocycles. The smallest absolute Gasteiger partial charge is 0.442 e. The van der Waals surface area contributed by atoms with E-state index in [2.05, 4.69) is 125 Å². The average molecular weight is 749 g/mol. The molecule has 1 aliphatic rings. The summed E-state index contributed by atoms with van der Waals surface area (Å²) < 4.78 is 4.83. The topological polar surface area (TPSA) is 63.2 Å². The van der Waals surface area contributed by atoms with Crippen LogP contribution in [0.15, 0.2) is 12.2 Å². The number of aromatic nitrogens is 4. The first-order valence-electron chi connectivity index (χ1n) is 20.9. The van der Waals surface area contributed by atoms with Crippen LogP contribution in [0.2, 0.25) is 0 Å². The van der Waals surface area contributed by atoms with Gasteiger partial charge in [-0.15, -0.1) is 0 Å². The van der Waals surface area contributed by atoms with Crippen LogP contribution in [0.5, 0.6) is 0 Å². The summed E-state index contributed by atoms with van der Waals surface area (Å²) in [5.74, 6) is 2.11. The molecule has 2 aromatic heterocycles. The molecule has 0 N–H and O–H groups in total. The van der Waals surface area contributed by atoms with Crippen LogP contribution in [0.3, 0.4) is 0 Å². The fourth-order valence-corrected chi connectivity index (χ4v) is 7.97. The Morgan fingerprint density at radius 1 is 0.442 bits per heavy atom. The van der Waals surface area contributed by atoms with E-state index in [1.165, 1.54) is 61.3 Å². The number of rotatable bonds is 18. The minimum Gasteiger partial charge on any atom is -0.442 e. The molecule has 0 saturated carbocycles. The Morgan fingerprint density at radius 2 is 0.692 bits per heavy atom. The average Bonchev–Trinajstić information content (AvgIpc) is 3.80. The maximum atomic E-state index is 5.13. The molecule has 0 amide bonds. The fraction of sp³-hybridized carbons (Fsp3) is 0.826. The number of hydrogen-bond acceptors (Lipinski definition) is 3. The molecule has 0 aromatic carbocycles. The largest absolute Gasteiger partial charge is 2.00 e. The van der Waals surface area contributed by atoms with Crippen molar-refractivity contribution in [3.05, 3.63) is 46.6 Å². The molecule has 0 radical (unpaired) electrons. The second-order valence-corrected chi connectivity index (χ2v) is 19.3. The van der Waals surface area contributed by atoms with Crippen molar-refractivity contribution in [2.24, 2.45) is 0 Å². The van der Waals surface area contributed by atoms with Crippen molar-refractivity contribution in [2.45, 2.75) is 234 Å². The van der Waals surface area contributed by atoms with Crippen LogP contribution in [0.4, 0.5) is 0 Å². The van der Waals surface area contributed by atoms with Crippen molar-refractivity contribution in [1.82, 2.24) is 19.9 Å². The Balaban J connectivity index is 0.000000863. The number of ether oxygens (including phenoxy) is 1. The minimum absolute atomic E-state index is 0. The molecule has 6 heteroatoms. The molecule has 0 unspecified atom stereocenters. The van der Waals surface area contributed by atoms with Gasteiger partial charge in [0.2, 0.25) is 0 Å². The van der Waals surface area contributed by atoms with Crippen LogP contribution < -0.4 is 9.97 Å². The molecule has 52 heavy (non-hydrogen) atoms. The molecule has 0 aliphatic carbocycles. The Hall–Kier alpha value is -0.620. The predicted molar refractivity (Wildman–Crippen MR) is 228 cm³/mol. The van der Waals surface area contributed by atoms with E-state index in [9.17, 15) is 0 Å². The summed E-state index contributed by atoms with van der Waals surface area (Å²) in [6.07, 6.45) is 18.0. The van der Waals surface area contributed by atoms with E-state index in [1.807, 2.05) is 12.2 Å². The first-order chi connectivity index (χ1) is 23.5. The Labute approximate surface area is 353 Å². The third-order valence-electron chi connectivity index (χ3n) is 10.9. The van der Waals surface area contributed by atoms with Gasteiger partial charge in [0.15, 0.2) is 0 Å². The minimum atomic E-state index is 0. The number of imidazole rings is 2. The standard InChI is InChI=1S/2C21H39N2.C4H6O.Ca/c2*1-10-13-19(4,5)16-17(20(6,7)14-11-2)23-18(22-16)21(8,9)15-12-3;1-2-4-5-3-1;/h2*10-15H2,1-9H3;1-2H,3-4H2;/q2*-1;;+2.